The number of carbonyl (C=O) groups excluding carboxylic acids is 1. The second-order valence-electron chi connectivity index (χ2n) is 8.37. The Morgan fingerprint density at radius 1 is 1.09 bits per heavy atom. The molecule has 0 bridgehead atoms. The SMILES string of the molecule is CSCCC(NC(=O)Cc1c(-c2ccccc2)oc2c(=O)cc(C)oc12)c1nc2ccccc2[nH]1. The number of nitrogens with one attached hydrogen (secondary N) is 2. The van der Waals surface area contributed by atoms with E-state index in [2.05, 4.69) is 10.3 Å². The third kappa shape index (κ3) is 4.74. The summed E-state index contributed by atoms with van der Waals surface area (Å²) in [6.45, 7) is 1.71. The Labute approximate surface area is 205 Å². The maximum Gasteiger partial charge on any atom is 0.228 e. The van der Waals surface area contributed by atoms with Crippen molar-refractivity contribution in [3.63, 3.8) is 0 Å². The van der Waals surface area contributed by atoms with Crippen molar-refractivity contribution in [1.82, 2.24) is 15.3 Å². The number of furan rings is 1. The number of fused-ring (bicyclic) bond motifs is 2. The van der Waals surface area contributed by atoms with Crippen molar-refractivity contribution in [2.24, 2.45) is 0 Å². The van der Waals surface area contributed by atoms with E-state index in [1.807, 2.05) is 60.9 Å². The van der Waals surface area contributed by atoms with Gasteiger partial charge in [0.25, 0.3) is 0 Å². The van der Waals surface area contributed by atoms with Crippen molar-refractivity contribution < 1.29 is 13.6 Å². The van der Waals surface area contributed by atoms with Crippen LogP contribution in [0.3, 0.4) is 0 Å². The molecule has 0 aliphatic carbocycles. The molecule has 5 aromatic rings. The summed E-state index contributed by atoms with van der Waals surface area (Å²) >= 11 is 1.71. The minimum Gasteiger partial charge on any atom is -0.457 e. The van der Waals surface area contributed by atoms with Gasteiger partial charge in [0.05, 0.1) is 29.1 Å². The van der Waals surface area contributed by atoms with Gasteiger partial charge in [-0.05, 0) is 37.5 Å². The first-order valence-corrected chi connectivity index (χ1v) is 12.8. The van der Waals surface area contributed by atoms with Gasteiger partial charge in [-0.1, -0.05) is 42.5 Å². The van der Waals surface area contributed by atoms with Crippen LogP contribution in [-0.4, -0.2) is 27.9 Å². The Kier molecular flexibility index (Phi) is 6.46. The van der Waals surface area contributed by atoms with E-state index in [9.17, 15) is 9.59 Å². The number of nitrogens with zero attached hydrogens (tertiary/aromatic N) is 1. The lowest BCUT2D eigenvalue weighted by molar-refractivity contribution is -0.121. The van der Waals surface area contributed by atoms with Gasteiger partial charge in [-0.2, -0.15) is 11.8 Å². The van der Waals surface area contributed by atoms with E-state index in [-0.39, 0.29) is 29.4 Å². The maximum atomic E-state index is 13.3. The Balaban J connectivity index is 1.49. The van der Waals surface area contributed by atoms with Crippen LogP contribution >= 0.6 is 11.8 Å². The molecule has 7 nitrogen and oxygen atoms in total. The van der Waals surface area contributed by atoms with Gasteiger partial charge in [0.15, 0.2) is 5.58 Å². The number of amides is 1. The molecule has 5 rings (SSSR count). The summed E-state index contributed by atoms with van der Waals surface area (Å²) in [5, 5.41) is 3.13. The lowest BCUT2D eigenvalue weighted by atomic mass is 10.0. The van der Waals surface area contributed by atoms with Gasteiger partial charge < -0.3 is 19.1 Å². The molecule has 178 valence electrons. The van der Waals surface area contributed by atoms with Gasteiger partial charge in [-0.15, -0.1) is 0 Å². The summed E-state index contributed by atoms with van der Waals surface area (Å²) in [6, 6.07) is 18.3. The molecule has 3 heterocycles. The molecule has 1 amide bonds. The third-order valence-corrected chi connectivity index (χ3v) is 6.48. The molecule has 0 spiro atoms. The fourth-order valence-corrected chi connectivity index (χ4v) is 4.67. The fourth-order valence-electron chi connectivity index (χ4n) is 4.20. The van der Waals surface area contributed by atoms with Crippen LogP contribution in [0.25, 0.3) is 33.5 Å². The highest BCUT2D eigenvalue weighted by atomic mass is 32.2. The Morgan fingerprint density at radius 2 is 1.86 bits per heavy atom. The average molecular weight is 488 g/mol. The molecule has 3 aromatic heterocycles. The average Bonchev–Trinajstić information content (AvgIpc) is 3.44. The van der Waals surface area contributed by atoms with Gasteiger partial charge in [0.2, 0.25) is 16.9 Å². The molecule has 0 saturated heterocycles. The smallest absolute Gasteiger partial charge is 0.228 e. The first-order chi connectivity index (χ1) is 17.0. The largest absolute Gasteiger partial charge is 0.457 e. The molecular weight excluding hydrogens is 462 g/mol. The number of thioether (sulfide) groups is 1. The van der Waals surface area contributed by atoms with Gasteiger partial charge in [0.1, 0.15) is 17.3 Å². The Bertz CT molecular complexity index is 1520. The zero-order chi connectivity index (χ0) is 24.4. The number of aromatic amines is 1. The van der Waals surface area contributed by atoms with Crippen LogP contribution in [0.5, 0.6) is 0 Å². The van der Waals surface area contributed by atoms with E-state index in [0.717, 1.165) is 34.6 Å². The Morgan fingerprint density at radius 3 is 2.63 bits per heavy atom. The van der Waals surface area contributed by atoms with E-state index in [1.165, 1.54) is 6.07 Å². The van der Waals surface area contributed by atoms with Crippen LogP contribution < -0.4 is 10.7 Å². The number of hydrogen-bond acceptors (Lipinski definition) is 6. The number of aromatic nitrogens is 2. The number of imidazole rings is 1. The normalized spacial score (nSPS) is 12.3. The third-order valence-electron chi connectivity index (χ3n) is 5.84. The number of carbonyl (C=O) groups is 1. The molecule has 8 heteroatoms. The lowest BCUT2D eigenvalue weighted by Gasteiger charge is -2.16. The second kappa shape index (κ2) is 9.84. The van der Waals surface area contributed by atoms with Crippen molar-refractivity contribution in [1.29, 1.82) is 0 Å². The fraction of sp³-hybridized carbons (Fsp3) is 0.222. The van der Waals surface area contributed by atoms with Crippen LogP contribution in [0, 0.1) is 6.92 Å². The highest BCUT2D eigenvalue weighted by Gasteiger charge is 2.25. The lowest BCUT2D eigenvalue weighted by Crippen LogP contribution is -2.31. The van der Waals surface area contributed by atoms with Crippen molar-refractivity contribution in [2.75, 3.05) is 12.0 Å². The van der Waals surface area contributed by atoms with Crippen LogP contribution in [0.2, 0.25) is 0 Å². The predicted molar refractivity (Wildman–Crippen MR) is 139 cm³/mol. The molecule has 1 atom stereocenters. The number of aryl methyl sites for hydroxylation is 1. The molecule has 0 aliphatic rings. The first-order valence-electron chi connectivity index (χ1n) is 11.4. The van der Waals surface area contributed by atoms with Crippen molar-refractivity contribution in [3.8, 4) is 11.3 Å². The highest BCUT2D eigenvalue weighted by Crippen LogP contribution is 2.33. The molecule has 0 saturated carbocycles. The van der Waals surface area contributed by atoms with E-state index >= 15 is 0 Å². The molecule has 0 aliphatic heterocycles. The number of benzene rings is 2. The molecule has 2 aromatic carbocycles. The molecule has 0 fully saturated rings. The second-order valence-corrected chi connectivity index (χ2v) is 9.36. The Hall–Kier alpha value is -3.78. The van der Waals surface area contributed by atoms with Crippen molar-refractivity contribution >= 4 is 39.9 Å². The molecule has 0 radical (unpaired) electrons. The summed E-state index contributed by atoms with van der Waals surface area (Å²) in [5.41, 5.74) is 3.27. The topological polar surface area (TPSA) is 101 Å². The predicted octanol–water partition coefficient (Wildman–Crippen LogP) is 5.39. The number of para-hydroxylation sites is 2. The standard InChI is InChI=1S/C27H25N3O4S/c1-16-14-22(31)26-25(33-16)18(24(34-26)17-8-4-3-5-9-17)15-23(32)28-21(12-13-35-2)27-29-19-10-6-7-11-20(19)30-27/h3-11,14,21H,12-13,15H2,1-2H3,(H,28,32)(H,29,30). The van der Waals surface area contributed by atoms with Gasteiger partial charge in [-0.3, -0.25) is 9.59 Å². The molecule has 2 N–H and O–H groups in total. The van der Waals surface area contributed by atoms with Gasteiger partial charge >= 0.3 is 0 Å². The quantitative estimate of drug-likeness (QED) is 0.304. The summed E-state index contributed by atoms with van der Waals surface area (Å²) in [7, 11) is 0. The van der Waals surface area contributed by atoms with E-state index < -0.39 is 0 Å². The minimum absolute atomic E-state index is 0.000380. The number of H-pyrrole nitrogens is 1. The molecule has 35 heavy (non-hydrogen) atoms. The minimum atomic E-state index is -0.283. The number of rotatable bonds is 8. The number of hydrogen-bond donors (Lipinski definition) is 2. The van der Waals surface area contributed by atoms with E-state index in [4.69, 9.17) is 13.8 Å². The van der Waals surface area contributed by atoms with E-state index in [0.29, 0.717) is 22.7 Å². The summed E-state index contributed by atoms with van der Waals surface area (Å²) < 4.78 is 11.8. The van der Waals surface area contributed by atoms with Crippen LogP contribution in [-0.2, 0) is 11.2 Å². The maximum absolute atomic E-state index is 13.3. The van der Waals surface area contributed by atoms with Crippen LogP contribution in [0.4, 0.5) is 0 Å². The first kappa shape index (κ1) is 23.0. The zero-order valence-corrected chi connectivity index (χ0v) is 20.3. The van der Waals surface area contributed by atoms with Crippen molar-refractivity contribution in [3.05, 3.63) is 88.0 Å². The summed E-state index contributed by atoms with van der Waals surface area (Å²) in [4.78, 5) is 34.0. The molecule has 1 unspecified atom stereocenters. The van der Waals surface area contributed by atoms with Crippen molar-refractivity contribution in [2.45, 2.75) is 25.8 Å². The zero-order valence-electron chi connectivity index (χ0n) is 19.5. The monoisotopic (exact) mass is 487 g/mol. The summed E-state index contributed by atoms with van der Waals surface area (Å²) in [6.07, 6.45) is 2.75. The molecular formula is C27H25N3O4S. The van der Waals surface area contributed by atoms with Gasteiger partial charge in [-0.25, -0.2) is 4.98 Å². The van der Waals surface area contributed by atoms with Gasteiger partial charge in [0, 0.05) is 11.6 Å². The highest BCUT2D eigenvalue weighted by molar-refractivity contribution is 7.98. The van der Waals surface area contributed by atoms with Crippen LogP contribution in [0.1, 0.15) is 29.6 Å². The summed E-state index contributed by atoms with van der Waals surface area (Å²) in [5.74, 6) is 2.30. The van der Waals surface area contributed by atoms with E-state index in [1.54, 1.807) is 18.7 Å². The van der Waals surface area contributed by atoms with Crippen LogP contribution in [0.15, 0.2) is 74.3 Å².